The van der Waals surface area contributed by atoms with E-state index in [2.05, 4.69) is 15.6 Å². The molecule has 0 saturated heterocycles. The van der Waals surface area contributed by atoms with Crippen molar-refractivity contribution in [2.45, 2.75) is 0 Å². The Labute approximate surface area is 123 Å². The molecule has 0 aliphatic rings. The molecule has 1 aromatic heterocycles. The smallest absolute Gasteiger partial charge is 0.325 e. The normalized spacial score (nSPS) is 10.5. The highest BCUT2D eigenvalue weighted by Gasteiger charge is 2.08. The number of aromatic nitrogens is 1. The summed E-state index contributed by atoms with van der Waals surface area (Å²) in [6.07, 6.45) is 0. The number of nitrogens with two attached hydrogens (primary N) is 1. The summed E-state index contributed by atoms with van der Waals surface area (Å²) in [6, 6.07) is 10.5. The van der Waals surface area contributed by atoms with Gasteiger partial charge in [0.1, 0.15) is 5.82 Å². The van der Waals surface area contributed by atoms with Crippen LogP contribution in [-0.2, 0) is 0 Å². The van der Waals surface area contributed by atoms with Crippen LogP contribution in [0.2, 0.25) is 0 Å². The van der Waals surface area contributed by atoms with Crippen LogP contribution in [0, 0.1) is 5.82 Å². The van der Waals surface area contributed by atoms with E-state index in [9.17, 15) is 9.18 Å². The van der Waals surface area contributed by atoms with Gasteiger partial charge in [0.2, 0.25) is 0 Å². The number of carbonyl (C=O) groups is 1. The predicted molar refractivity (Wildman–Crippen MR) is 83.1 cm³/mol. The van der Waals surface area contributed by atoms with Gasteiger partial charge in [-0.05, 0) is 36.4 Å². The third-order valence-corrected chi connectivity index (χ3v) is 3.65. The van der Waals surface area contributed by atoms with E-state index in [0.717, 1.165) is 10.2 Å². The Bertz CT molecular complexity index is 818. The molecule has 4 N–H and O–H groups in total. The SMILES string of the molecule is Nc1ccc2nc(NC(=O)Nc3cccc(F)c3)sc2c1. The van der Waals surface area contributed by atoms with Crippen molar-refractivity contribution in [3.05, 3.63) is 48.3 Å². The fourth-order valence-corrected chi connectivity index (χ4v) is 2.73. The molecule has 3 rings (SSSR count). The number of nitrogens with zero attached hydrogens (tertiary/aromatic N) is 1. The van der Waals surface area contributed by atoms with E-state index in [4.69, 9.17) is 5.73 Å². The highest BCUT2D eigenvalue weighted by Crippen LogP contribution is 2.27. The van der Waals surface area contributed by atoms with Crippen LogP contribution in [0.5, 0.6) is 0 Å². The number of rotatable bonds is 2. The first kappa shape index (κ1) is 13.3. The van der Waals surface area contributed by atoms with Crippen LogP contribution in [0.3, 0.4) is 0 Å². The Balaban J connectivity index is 1.74. The number of fused-ring (bicyclic) bond motifs is 1. The number of hydrogen-bond donors (Lipinski definition) is 3. The fraction of sp³-hybridized carbons (Fsp3) is 0. The number of amides is 2. The van der Waals surface area contributed by atoms with Crippen molar-refractivity contribution in [2.75, 3.05) is 16.4 Å². The lowest BCUT2D eigenvalue weighted by molar-refractivity contribution is 0.262. The standard InChI is InChI=1S/C14H11FN4OS/c15-8-2-1-3-10(6-8)17-13(20)19-14-18-11-5-4-9(16)7-12(11)21-14/h1-7H,16H2,(H2,17,18,19,20). The van der Waals surface area contributed by atoms with Gasteiger partial charge in [-0.1, -0.05) is 17.4 Å². The lowest BCUT2D eigenvalue weighted by Gasteiger charge is -2.04. The van der Waals surface area contributed by atoms with E-state index in [-0.39, 0.29) is 0 Å². The second kappa shape index (κ2) is 5.37. The number of hydrogen-bond acceptors (Lipinski definition) is 4. The topological polar surface area (TPSA) is 80.0 Å². The Hall–Kier alpha value is -2.67. The average molecular weight is 302 g/mol. The summed E-state index contributed by atoms with van der Waals surface area (Å²) in [5, 5.41) is 5.60. The Kier molecular flexibility index (Phi) is 3.41. The van der Waals surface area contributed by atoms with Gasteiger partial charge >= 0.3 is 6.03 Å². The highest BCUT2D eigenvalue weighted by atomic mass is 32.1. The molecule has 0 aliphatic carbocycles. The van der Waals surface area contributed by atoms with Crippen LogP contribution in [0.4, 0.5) is 25.7 Å². The summed E-state index contributed by atoms with van der Waals surface area (Å²) in [6.45, 7) is 0. The number of halogens is 1. The van der Waals surface area contributed by atoms with E-state index >= 15 is 0 Å². The molecule has 0 bridgehead atoms. The lowest BCUT2D eigenvalue weighted by Crippen LogP contribution is -2.19. The van der Waals surface area contributed by atoms with Crippen LogP contribution >= 0.6 is 11.3 Å². The molecule has 3 aromatic rings. The fourth-order valence-electron chi connectivity index (χ4n) is 1.82. The van der Waals surface area contributed by atoms with Crippen molar-refractivity contribution in [3.8, 4) is 0 Å². The Morgan fingerprint density at radius 1 is 1.19 bits per heavy atom. The minimum atomic E-state index is -0.479. The first-order valence-electron chi connectivity index (χ1n) is 6.10. The lowest BCUT2D eigenvalue weighted by atomic mass is 10.3. The molecule has 0 radical (unpaired) electrons. The monoisotopic (exact) mass is 302 g/mol. The van der Waals surface area contributed by atoms with E-state index in [0.29, 0.717) is 16.5 Å². The van der Waals surface area contributed by atoms with E-state index in [1.807, 2.05) is 0 Å². The van der Waals surface area contributed by atoms with Crippen LogP contribution in [0.15, 0.2) is 42.5 Å². The summed E-state index contributed by atoms with van der Waals surface area (Å²) in [7, 11) is 0. The van der Waals surface area contributed by atoms with Crippen molar-refractivity contribution < 1.29 is 9.18 Å². The number of carbonyl (C=O) groups excluding carboxylic acids is 1. The first-order chi connectivity index (χ1) is 10.1. The van der Waals surface area contributed by atoms with E-state index in [1.165, 1.54) is 29.5 Å². The van der Waals surface area contributed by atoms with E-state index < -0.39 is 11.8 Å². The summed E-state index contributed by atoms with van der Waals surface area (Å²) in [4.78, 5) is 16.1. The average Bonchev–Trinajstić information content (AvgIpc) is 2.79. The van der Waals surface area contributed by atoms with Gasteiger partial charge in [0, 0.05) is 11.4 Å². The summed E-state index contributed by atoms with van der Waals surface area (Å²) >= 11 is 1.32. The molecule has 2 amide bonds. The van der Waals surface area contributed by atoms with Crippen LogP contribution in [-0.4, -0.2) is 11.0 Å². The zero-order valence-electron chi connectivity index (χ0n) is 10.8. The molecule has 0 unspecified atom stereocenters. The van der Waals surface area contributed by atoms with Crippen molar-refractivity contribution in [1.29, 1.82) is 0 Å². The quantitative estimate of drug-likeness (QED) is 0.632. The van der Waals surface area contributed by atoms with Crippen LogP contribution in [0.25, 0.3) is 10.2 Å². The number of anilines is 3. The van der Waals surface area contributed by atoms with Gasteiger partial charge in [-0.3, -0.25) is 5.32 Å². The summed E-state index contributed by atoms with van der Waals surface area (Å²) in [5.74, 6) is -0.414. The molecule has 7 heteroatoms. The number of urea groups is 1. The Morgan fingerprint density at radius 3 is 2.86 bits per heavy atom. The minimum absolute atomic E-state index is 0.373. The minimum Gasteiger partial charge on any atom is -0.399 e. The molecule has 0 aliphatic heterocycles. The molecular weight excluding hydrogens is 291 g/mol. The molecular formula is C14H11FN4OS. The second-order valence-corrected chi connectivity index (χ2v) is 5.37. The molecule has 0 saturated carbocycles. The molecule has 2 aromatic carbocycles. The third kappa shape index (κ3) is 3.09. The second-order valence-electron chi connectivity index (χ2n) is 4.34. The first-order valence-corrected chi connectivity index (χ1v) is 6.91. The zero-order chi connectivity index (χ0) is 14.8. The number of nitrogens with one attached hydrogen (secondary N) is 2. The predicted octanol–water partition coefficient (Wildman–Crippen LogP) is 3.66. The third-order valence-electron chi connectivity index (χ3n) is 2.72. The molecule has 0 spiro atoms. The number of nitrogen functional groups attached to an aromatic ring is 1. The number of thiazole rings is 1. The molecule has 1 heterocycles. The maximum absolute atomic E-state index is 13.0. The molecule has 0 atom stereocenters. The largest absolute Gasteiger partial charge is 0.399 e. The van der Waals surface area contributed by atoms with Gasteiger partial charge in [-0.25, -0.2) is 14.2 Å². The van der Waals surface area contributed by atoms with Crippen LogP contribution < -0.4 is 16.4 Å². The molecule has 21 heavy (non-hydrogen) atoms. The Morgan fingerprint density at radius 2 is 2.05 bits per heavy atom. The summed E-state index contributed by atoms with van der Waals surface area (Å²) in [5.41, 5.74) is 7.47. The molecule has 0 fully saturated rings. The van der Waals surface area contributed by atoms with Gasteiger partial charge < -0.3 is 11.1 Å². The van der Waals surface area contributed by atoms with Gasteiger partial charge in [-0.2, -0.15) is 0 Å². The van der Waals surface area contributed by atoms with Gasteiger partial charge in [0.25, 0.3) is 0 Å². The van der Waals surface area contributed by atoms with E-state index in [1.54, 1.807) is 24.3 Å². The van der Waals surface area contributed by atoms with Crippen LogP contribution in [0.1, 0.15) is 0 Å². The highest BCUT2D eigenvalue weighted by molar-refractivity contribution is 7.22. The summed E-state index contributed by atoms with van der Waals surface area (Å²) < 4.78 is 13.9. The molecule has 5 nitrogen and oxygen atoms in total. The molecule has 106 valence electrons. The van der Waals surface area contributed by atoms with Crippen molar-refractivity contribution in [3.63, 3.8) is 0 Å². The zero-order valence-corrected chi connectivity index (χ0v) is 11.6. The van der Waals surface area contributed by atoms with Gasteiger partial charge in [-0.15, -0.1) is 0 Å². The number of benzene rings is 2. The van der Waals surface area contributed by atoms with Crippen molar-refractivity contribution >= 4 is 44.1 Å². The van der Waals surface area contributed by atoms with Gasteiger partial charge in [0.15, 0.2) is 5.13 Å². The van der Waals surface area contributed by atoms with Gasteiger partial charge in [0.05, 0.1) is 10.2 Å². The maximum Gasteiger partial charge on any atom is 0.325 e. The maximum atomic E-state index is 13.0. The van der Waals surface area contributed by atoms with Crippen molar-refractivity contribution in [2.24, 2.45) is 0 Å². The van der Waals surface area contributed by atoms with Crippen molar-refractivity contribution in [1.82, 2.24) is 4.98 Å².